The average Bonchev–Trinajstić information content (AvgIpc) is 2.28. The summed E-state index contributed by atoms with van der Waals surface area (Å²) in [5.74, 6) is -1.79. The molecule has 0 aromatic heterocycles. The number of carbonyl (C=O) groups is 3. The molecule has 1 aromatic carbocycles. The lowest BCUT2D eigenvalue weighted by molar-refractivity contribution is -0.186. The van der Waals surface area contributed by atoms with E-state index in [0.717, 1.165) is 13.8 Å². The number of hydrogen-bond donors (Lipinski definition) is 1. The summed E-state index contributed by atoms with van der Waals surface area (Å²) in [6.07, 6.45) is -1.33. The van der Waals surface area contributed by atoms with Crippen LogP contribution in [0.2, 0.25) is 0 Å². The molecule has 108 valence electrons. The molecule has 0 heterocycles. The number of carbonyl (C=O) groups excluding carboxylic acids is 3. The smallest absolute Gasteiger partial charge is 0.308 e. The Hall–Kier alpha value is -2.57. The molecule has 0 saturated heterocycles. The standard InChI is InChI=1S/C13H15NO6/c1-7(15)18-12-5-4-10(14)6-11(12)13(19-8(2)16)20-9(3)17/h4-6,13H,14H2,1-3H3. The van der Waals surface area contributed by atoms with E-state index in [1.807, 2.05) is 0 Å². The lowest BCUT2D eigenvalue weighted by Crippen LogP contribution is -2.17. The number of hydrogen-bond acceptors (Lipinski definition) is 7. The van der Waals surface area contributed by atoms with Gasteiger partial charge in [0.15, 0.2) is 0 Å². The van der Waals surface area contributed by atoms with Crippen molar-refractivity contribution in [3.05, 3.63) is 23.8 Å². The highest BCUT2D eigenvalue weighted by molar-refractivity contribution is 5.71. The highest BCUT2D eigenvalue weighted by Gasteiger charge is 2.23. The Labute approximate surface area is 115 Å². The number of ether oxygens (including phenoxy) is 3. The van der Waals surface area contributed by atoms with Crippen LogP contribution < -0.4 is 10.5 Å². The van der Waals surface area contributed by atoms with Gasteiger partial charge in [-0.15, -0.1) is 0 Å². The predicted molar refractivity (Wildman–Crippen MR) is 68.4 cm³/mol. The van der Waals surface area contributed by atoms with E-state index in [1.165, 1.54) is 25.1 Å². The minimum atomic E-state index is -1.33. The largest absolute Gasteiger partial charge is 0.426 e. The molecule has 0 atom stereocenters. The van der Waals surface area contributed by atoms with Crippen molar-refractivity contribution >= 4 is 23.6 Å². The second kappa shape index (κ2) is 6.55. The number of esters is 3. The Bertz CT molecular complexity index is 524. The van der Waals surface area contributed by atoms with Gasteiger partial charge in [-0.1, -0.05) is 0 Å². The summed E-state index contributed by atoms with van der Waals surface area (Å²) in [5, 5.41) is 0. The first kappa shape index (κ1) is 15.5. The first-order chi connectivity index (χ1) is 9.29. The number of nitrogens with two attached hydrogens (primary N) is 1. The van der Waals surface area contributed by atoms with E-state index in [2.05, 4.69) is 0 Å². The third-order valence-electron chi connectivity index (χ3n) is 2.09. The molecule has 7 heteroatoms. The fourth-order valence-electron chi connectivity index (χ4n) is 1.45. The maximum atomic E-state index is 11.1. The molecular formula is C13H15NO6. The van der Waals surface area contributed by atoms with Gasteiger partial charge in [-0.25, -0.2) is 0 Å². The molecular weight excluding hydrogens is 266 g/mol. The van der Waals surface area contributed by atoms with Crippen molar-refractivity contribution in [2.24, 2.45) is 0 Å². The summed E-state index contributed by atoms with van der Waals surface area (Å²) < 4.78 is 14.8. The fraction of sp³-hybridized carbons (Fsp3) is 0.308. The van der Waals surface area contributed by atoms with Gasteiger partial charge in [0, 0.05) is 26.5 Å². The quantitative estimate of drug-likeness (QED) is 0.384. The fourth-order valence-corrected chi connectivity index (χ4v) is 1.45. The zero-order chi connectivity index (χ0) is 15.3. The lowest BCUT2D eigenvalue weighted by atomic mass is 10.1. The van der Waals surface area contributed by atoms with Crippen LogP contribution in [-0.4, -0.2) is 17.9 Å². The summed E-state index contributed by atoms with van der Waals surface area (Å²) in [6.45, 7) is 3.54. The Morgan fingerprint density at radius 2 is 1.55 bits per heavy atom. The Morgan fingerprint density at radius 1 is 1.00 bits per heavy atom. The number of benzene rings is 1. The summed E-state index contributed by atoms with van der Waals surface area (Å²) in [5.41, 5.74) is 6.14. The van der Waals surface area contributed by atoms with E-state index < -0.39 is 24.2 Å². The van der Waals surface area contributed by atoms with Crippen LogP contribution in [0, 0.1) is 0 Å². The van der Waals surface area contributed by atoms with Gasteiger partial charge in [-0.05, 0) is 18.2 Å². The van der Waals surface area contributed by atoms with Crippen LogP contribution in [0.3, 0.4) is 0 Å². The SMILES string of the molecule is CC(=O)Oc1ccc(N)cc1C(OC(C)=O)OC(C)=O. The molecule has 0 unspecified atom stereocenters. The summed E-state index contributed by atoms with van der Waals surface area (Å²) >= 11 is 0. The van der Waals surface area contributed by atoms with Gasteiger partial charge in [0.25, 0.3) is 6.29 Å². The second-order valence-electron chi connectivity index (χ2n) is 3.94. The van der Waals surface area contributed by atoms with E-state index in [4.69, 9.17) is 19.9 Å². The van der Waals surface area contributed by atoms with Gasteiger partial charge in [-0.2, -0.15) is 0 Å². The molecule has 0 aliphatic rings. The predicted octanol–water partition coefficient (Wildman–Crippen LogP) is 1.32. The van der Waals surface area contributed by atoms with Gasteiger partial charge in [0.1, 0.15) is 5.75 Å². The van der Waals surface area contributed by atoms with Crippen molar-refractivity contribution in [1.29, 1.82) is 0 Å². The van der Waals surface area contributed by atoms with Crippen LogP contribution in [-0.2, 0) is 23.9 Å². The molecule has 0 amide bonds. The van der Waals surface area contributed by atoms with Crippen LogP contribution in [0.15, 0.2) is 18.2 Å². The van der Waals surface area contributed by atoms with E-state index >= 15 is 0 Å². The molecule has 0 aliphatic carbocycles. The first-order valence-corrected chi connectivity index (χ1v) is 5.72. The van der Waals surface area contributed by atoms with Crippen molar-refractivity contribution in [3.8, 4) is 5.75 Å². The minimum absolute atomic E-state index is 0.0965. The molecule has 0 aliphatic heterocycles. The molecule has 2 N–H and O–H groups in total. The van der Waals surface area contributed by atoms with Gasteiger partial charge in [-0.3, -0.25) is 14.4 Å². The highest BCUT2D eigenvalue weighted by Crippen LogP contribution is 2.31. The third kappa shape index (κ3) is 4.60. The van der Waals surface area contributed by atoms with Crippen LogP contribution >= 0.6 is 0 Å². The van der Waals surface area contributed by atoms with Crippen molar-refractivity contribution < 1.29 is 28.6 Å². The maximum absolute atomic E-state index is 11.1. The van der Waals surface area contributed by atoms with E-state index in [0.29, 0.717) is 5.69 Å². The normalized spacial score (nSPS) is 10.0. The zero-order valence-corrected chi connectivity index (χ0v) is 11.3. The Kier molecular flexibility index (Phi) is 5.08. The number of anilines is 1. The van der Waals surface area contributed by atoms with Crippen molar-refractivity contribution in [2.45, 2.75) is 27.1 Å². The van der Waals surface area contributed by atoms with E-state index in [1.54, 1.807) is 0 Å². The Morgan fingerprint density at radius 3 is 2.00 bits per heavy atom. The van der Waals surface area contributed by atoms with Gasteiger partial charge in [0.2, 0.25) is 0 Å². The molecule has 1 rings (SSSR count). The van der Waals surface area contributed by atoms with Gasteiger partial charge >= 0.3 is 17.9 Å². The minimum Gasteiger partial charge on any atom is -0.426 e. The van der Waals surface area contributed by atoms with E-state index in [9.17, 15) is 14.4 Å². The first-order valence-electron chi connectivity index (χ1n) is 5.72. The number of rotatable bonds is 4. The van der Waals surface area contributed by atoms with Gasteiger partial charge < -0.3 is 19.9 Å². The van der Waals surface area contributed by atoms with Gasteiger partial charge in [0.05, 0.1) is 5.56 Å². The molecule has 0 fully saturated rings. The van der Waals surface area contributed by atoms with Crippen LogP contribution in [0.4, 0.5) is 5.69 Å². The van der Waals surface area contributed by atoms with Crippen molar-refractivity contribution in [2.75, 3.05) is 5.73 Å². The van der Waals surface area contributed by atoms with Crippen LogP contribution in [0.25, 0.3) is 0 Å². The van der Waals surface area contributed by atoms with E-state index in [-0.39, 0.29) is 11.3 Å². The highest BCUT2D eigenvalue weighted by atomic mass is 16.7. The van der Waals surface area contributed by atoms with Crippen molar-refractivity contribution in [3.63, 3.8) is 0 Å². The second-order valence-corrected chi connectivity index (χ2v) is 3.94. The molecule has 1 aromatic rings. The van der Waals surface area contributed by atoms with Crippen LogP contribution in [0.1, 0.15) is 32.6 Å². The monoisotopic (exact) mass is 281 g/mol. The molecule has 0 bridgehead atoms. The third-order valence-corrected chi connectivity index (χ3v) is 2.09. The Balaban J connectivity index is 3.21. The molecule has 0 saturated carbocycles. The topological polar surface area (TPSA) is 105 Å². The summed E-state index contributed by atoms with van der Waals surface area (Å²) in [6, 6.07) is 4.32. The van der Waals surface area contributed by atoms with Crippen LogP contribution in [0.5, 0.6) is 5.75 Å². The molecule has 0 spiro atoms. The summed E-state index contributed by atoms with van der Waals surface area (Å²) in [4.78, 5) is 33.2. The average molecular weight is 281 g/mol. The molecule has 7 nitrogen and oxygen atoms in total. The number of nitrogen functional groups attached to an aromatic ring is 1. The maximum Gasteiger partial charge on any atom is 0.308 e. The lowest BCUT2D eigenvalue weighted by Gasteiger charge is -2.19. The zero-order valence-electron chi connectivity index (χ0n) is 11.3. The van der Waals surface area contributed by atoms with Crippen molar-refractivity contribution in [1.82, 2.24) is 0 Å². The molecule has 20 heavy (non-hydrogen) atoms. The molecule has 0 radical (unpaired) electrons. The summed E-state index contributed by atoms with van der Waals surface area (Å²) in [7, 11) is 0.